The quantitative estimate of drug-likeness (QED) is 0.272. The molecule has 0 unspecified atom stereocenters. The van der Waals surface area contributed by atoms with Crippen molar-refractivity contribution in [1.82, 2.24) is 30.3 Å². The van der Waals surface area contributed by atoms with Crippen molar-refractivity contribution in [2.24, 2.45) is 12.0 Å². The Labute approximate surface area is 186 Å². The number of aromatic nitrogens is 3. The second-order valence-electron chi connectivity index (χ2n) is 8.16. The zero-order valence-electron chi connectivity index (χ0n) is 17.6. The number of nitrogens with one attached hydrogen (secondary N) is 2. The molecule has 2 heterocycles. The second-order valence-corrected chi connectivity index (χ2v) is 8.16. The average molecular weight is 501 g/mol. The molecule has 0 aromatic carbocycles. The van der Waals surface area contributed by atoms with Crippen LogP contribution in [-0.2, 0) is 13.6 Å². The zero-order chi connectivity index (χ0) is 19.2. The monoisotopic (exact) mass is 501 g/mol. The van der Waals surface area contributed by atoms with Gasteiger partial charge in [0.15, 0.2) is 11.8 Å². The van der Waals surface area contributed by atoms with Gasteiger partial charge >= 0.3 is 0 Å². The fourth-order valence-corrected chi connectivity index (χ4v) is 3.95. The van der Waals surface area contributed by atoms with E-state index in [0.29, 0.717) is 18.6 Å². The van der Waals surface area contributed by atoms with E-state index < -0.39 is 0 Å². The number of hydrogen-bond donors (Lipinski definition) is 2. The Kier molecular flexibility index (Phi) is 9.20. The first-order chi connectivity index (χ1) is 13.0. The van der Waals surface area contributed by atoms with Crippen LogP contribution in [0.25, 0.3) is 0 Å². The summed E-state index contributed by atoms with van der Waals surface area (Å²) in [5, 5.41) is 15.7. The second kappa shape index (κ2) is 11.1. The maximum Gasteiger partial charge on any atom is 0.192 e. The summed E-state index contributed by atoms with van der Waals surface area (Å²) in [6.45, 7) is 11.9. The summed E-state index contributed by atoms with van der Waals surface area (Å²) in [7, 11) is 2.00. The van der Waals surface area contributed by atoms with E-state index in [0.717, 1.165) is 50.1 Å². The summed E-state index contributed by atoms with van der Waals surface area (Å²) in [5.74, 6) is 2.75. The van der Waals surface area contributed by atoms with E-state index in [1.165, 1.54) is 31.3 Å². The van der Waals surface area contributed by atoms with E-state index in [4.69, 9.17) is 4.99 Å². The van der Waals surface area contributed by atoms with E-state index in [1.807, 2.05) is 18.5 Å². The van der Waals surface area contributed by atoms with Gasteiger partial charge < -0.3 is 15.2 Å². The highest BCUT2D eigenvalue weighted by Crippen LogP contribution is 2.18. The predicted molar refractivity (Wildman–Crippen MR) is 125 cm³/mol. The van der Waals surface area contributed by atoms with Crippen molar-refractivity contribution in [3.63, 3.8) is 0 Å². The maximum atomic E-state index is 4.84. The van der Waals surface area contributed by atoms with E-state index in [9.17, 15) is 0 Å². The lowest BCUT2D eigenvalue weighted by Crippen LogP contribution is -2.50. The smallest absolute Gasteiger partial charge is 0.192 e. The lowest BCUT2D eigenvalue weighted by molar-refractivity contribution is 0.220. The fourth-order valence-electron chi connectivity index (χ4n) is 3.95. The lowest BCUT2D eigenvalue weighted by Gasteiger charge is -2.33. The Morgan fingerprint density at radius 3 is 2.25 bits per heavy atom. The summed E-state index contributed by atoms with van der Waals surface area (Å²) in [5.41, 5.74) is 1.24. The molecule has 0 amide bonds. The Morgan fingerprint density at radius 1 is 1.11 bits per heavy atom. The molecule has 1 aromatic rings. The molecule has 1 aromatic heterocycles. The minimum Gasteiger partial charge on any atom is -0.354 e. The number of nitrogens with zero attached hydrogens (tertiary/aromatic N) is 5. The number of halogens is 1. The van der Waals surface area contributed by atoms with Crippen molar-refractivity contribution in [3.8, 4) is 0 Å². The van der Waals surface area contributed by atoms with Gasteiger partial charge in [0.05, 0.1) is 0 Å². The maximum absolute atomic E-state index is 4.84. The van der Waals surface area contributed by atoms with E-state index in [2.05, 4.69) is 39.2 Å². The van der Waals surface area contributed by atoms with Crippen LogP contribution >= 0.6 is 24.0 Å². The molecular weight excluding hydrogens is 465 g/mol. The highest BCUT2D eigenvalue weighted by Gasteiger charge is 2.22. The van der Waals surface area contributed by atoms with Gasteiger partial charge in [0.1, 0.15) is 12.4 Å². The summed E-state index contributed by atoms with van der Waals surface area (Å²) < 4.78 is 2.01. The molecule has 0 bridgehead atoms. The Morgan fingerprint density at radius 2 is 1.71 bits per heavy atom. The molecule has 0 radical (unpaired) electrons. The van der Waals surface area contributed by atoms with Gasteiger partial charge in [-0.15, -0.1) is 34.2 Å². The first-order valence-electron chi connectivity index (χ1n) is 10.3. The first kappa shape index (κ1) is 23.1. The van der Waals surface area contributed by atoms with Gasteiger partial charge in [-0.1, -0.05) is 25.0 Å². The van der Waals surface area contributed by atoms with Gasteiger partial charge in [-0.05, 0) is 39.5 Å². The Bertz CT molecular complexity index is 656. The van der Waals surface area contributed by atoms with Crippen molar-refractivity contribution in [1.29, 1.82) is 0 Å². The van der Waals surface area contributed by atoms with Gasteiger partial charge in [0.25, 0.3) is 0 Å². The lowest BCUT2D eigenvalue weighted by atomic mass is 10.0. The Hall–Kier alpha value is -1.16. The standard InChI is InChI=1S/C20H35N7.HI/c1-15(2)14-27-11-9-18(10-12-27)23-20(22-17-7-5-6-8-17)21-13-19-25-24-16(3)26(19)4;/h17-18H,1,5-14H2,2-4H3,(H2,21,22,23);1H. The molecule has 2 N–H and O–H groups in total. The van der Waals surface area contributed by atoms with Crippen LogP contribution in [0.5, 0.6) is 0 Å². The number of hydrogen-bond acceptors (Lipinski definition) is 4. The van der Waals surface area contributed by atoms with E-state index in [-0.39, 0.29) is 24.0 Å². The van der Waals surface area contributed by atoms with Crippen LogP contribution in [-0.4, -0.2) is 57.3 Å². The molecular formula is C20H36IN7. The van der Waals surface area contributed by atoms with Crippen LogP contribution in [0.15, 0.2) is 17.1 Å². The molecule has 1 aliphatic heterocycles. The number of aryl methyl sites for hydroxylation is 1. The van der Waals surface area contributed by atoms with Gasteiger partial charge in [0, 0.05) is 38.8 Å². The van der Waals surface area contributed by atoms with Crippen molar-refractivity contribution < 1.29 is 0 Å². The van der Waals surface area contributed by atoms with E-state index >= 15 is 0 Å². The van der Waals surface area contributed by atoms with Gasteiger partial charge in [-0.3, -0.25) is 4.90 Å². The summed E-state index contributed by atoms with van der Waals surface area (Å²) in [4.78, 5) is 7.33. The minimum atomic E-state index is 0. The highest BCUT2D eigenvalue weighted by molar-refractivity contribution is 14.0. The van der Waals surface area contributed by atoms with Crippen LogP contribution in [0.3, 0.4) is 0 Å². The van der Waals surface area contributed by atoms with Crippen LogP contribution in [0.2, 0.25) is 0 Å². The molecule has 2 fully saturated rings. The number of piperidine rings is 1. The molecule has 158 valence electrons. The molecule has 8 heteroatoms. The van der Waals surface area contributed by atoms with E-state index in [1.54, 1.807) is 0 Å². The van der Waals surface area contributed by atoms with Crippen LogP contribution in [0.1, 0.15) is 57.1 Å². The molecule has 0 spiro atoms. The summed E-state index contributed by atoms with van der Waals surface area (Å²) in [6.07, 6.45) is 7.38. The number of likely N-dealkylation sites (tertiary alicyclic amines) is 1. The molecule has 7 nitrogen and oxygen atoms in total. The van der Waals surface area contributed by atoms with Crippen LogP contribution in [0, 0.1) is 6.92 Å². The molecule has 2 aliphatic rings. The average Bonchev–Trinajstić information content (AvgIpc) is 3.25. The number of guanidine groups is 1. The molecule has 3 rings (SSSR count). The zero-order valence-corrected chi connectivity index (χ0v) is 19.9. The van der Waals surface area contributed by atoms with Crippen molar-refractivity contribution in [2.75, 3.05) is 19.6 Å². The van der Waals surface area contributed by atoms with Crippen LogP contribution in [0.4, 0.5) is 0 Å². The molecule has 1 saturated carbocycles. The first-order valence-corrected chi connectivity index (χ1v) is 10.3. The topological polar surface area (TPSA) is 70.4 Å². The highest BCUT2D eigenvalue weighted by atomic mass is 127. The third-order valence-electron chi connectivity index (χ3n) is 5.68. The molecule has 28 heavy (non-hydrogen) atoms. The van der Waals surface area contributed by atoms with Crippen molar-refractivity contribution >= 4 is 29.9 Å². The van der Waals surface area contributed by atoms with Gasteiger partial charge in [-0.2, -0.15) is 0 Å². The third kappa shape index (κ3) is 6.72. The molecule has 0 atom stereocenters. The van der Waals surface area contributed by atoms with Crippen LogP contribution < -0.4 is 10.6 Å². The summed E-state index contributed by atoms with van der Waals surface area (Å²) >= 11 is 0. The Balaban J connectivity index is 0.00000280. The predicted octanol–water partition coefficient (Wildman–Crippen LogP) is 2.76. The summed E-state index contributed by atoms with van der Waals surface area (Å²) in [6, 6.07) is 1.02. The van der Waals surface area contributed by atoms with Gasteiger partial charge in [-0.25, -0.2) is 4.99 Å². The SMILES string of the molecule is C=C(C)CN1CCC(NC(=NCc2nnc(C)n2C)NC2CCCC2)CC1.I. The van der Waals surface area contributed by atoms with Gasteiger partial charge in [0.2, 0.25) is 0 Å². The largest absolute Gasteiger partial charge is 0.354 e. The molecule has 1 aliphatic carbocycles. The van der Waals surface area contributed by atoms with Crippen molar-refractivity contribution in [2.45, 2.75) is 71.0 Å². The minimum absolute atomic E-state index is 0. The molecule has 1 saturated heterocycles. The number of aliphatic imine (C=N–C) groups is 1. The third-order valence-corrected chi connectivity index (χ3v) is 5.68. The van der Waals surface area contributed by atoms with Crippen molar-refractivity contribution in [3.05, 3.63) is 23.8 Å². The number of rotatable bonds is 6. The normalized spacial score (nSPS) is 19.5. The fraction of sp³-hybridized carbons (Fsp3) is 0.750.